The lowest BCUT2D eigenvalue weighted by molar-refractivity contribution is -0.139. The van der Waals surface area contributed by atoms with Crippen molar-refractivity contribution in [2.75, 3.05) is 33.3 Å². The molecule has 2 aliphatic rings. The SMILES string of the molecule is CCOc1ccccc1CNC(=O)CN1C[C@H]2CN(C)C(=O)[C@H](C)N2C1=O. The van der Waals surface area contributed by atoms with Crippen molar-refractivity contribution in [3.8, 4) is 5.75 Å². The number of para-hydroxylation sites is 1. The first kappa shape index (κ1) is 19.0. The van der Waals surface area contributed by atoms with Gasteiger partial charge in [-0.3, -0.25) is 9.59 Å². The molecule has 0 aromatic heterocycles. The van der Waals surface area contributed by atoms with E-state index in [0.717, 1.165) is 11.3 Å². The molecule has 2 heterocycles. The smallest absolute Gasteiger partial charge is 0.321 e. The van der Waals surface area contributed by atoms with Gasteiger partial charge in [-0.25, -0.2) is 4.79 Å². The predicted octanol–water partition coefficient (Wildman–Crippen LogP) is 0.668. The van der Waals surface area contributed by atoms with Gasteiger partial charge in [0.15, 0.2) is 0 Å². The van der Waals surface area contributed by atoms with E-state index in [0.29, 0.717) is 26.2 Å². The van der Waals surface area contributed by atoms with Crippen molar-refractivity contribution in [1.29, 1.82) is 0 Å². The Morgan fingerprint density at radius 1 is 1.26 bits per heavy atom. The van der Waals surface area contributed by atoms with Crippen LogP contribution in [0, 0.1) is 0 Å². The van der Waals surface area contributed by atoms with Gasteiger partial charge in [-0.15, -0.1) is 0 Å². The molecule has 0 bridgehead atoms. The van der Waals surface area contributed by atoms with E-state index >= 15 is 0 Å². The quantitative estimate of drug-likeness (QED) is 0.793. The number of hydrogen-bond acceptors (Lipinski definition) is 4. The Hall–Kier alpha value is -2.77. The fraction of sp³-hybridized carbons (Fsp3) is 0.526. The Balaban J connectivity index is 1.58. The first-order chi connectivity index (χ1) is 12.9. The van der Waals surface area contributed by atoms with Gasteiger partial charge in [-0.1, -0.05) is 18.2 Å². The molecule has 2 saturated heterocycles. The maximum atomic E-state index is 12.6. The van der Waals surface area contributed by atoms with Crippen LogP contribution in [-0.2, 0) is 16.1 Å². The fourth-order valence-corrected chi connectivity index (χ4v) is 3.71. The Kier molecular flexibility index (Phi) is 5.53. The Bertz CT molecular complexity index is 738. The summed E-state index contributed by atoms with van der Waals surface area (Å²) >= 11 is 0. The third-order valence-electron chi connectivity index (χ3n) is 5.03. The van der Waals surface area contributed by atoms with E-state index < -0.39 is 6.04 Å². The van der Waals surface area contributed by atoms with E-state index in [2.05, 4.69) is 5.32 Å². The second-order valence-electron chi connectivity index (χ2n) is 6.94. The van der Waals surface area contributed by atoms with Gasteiger partial charge in [-0.2, -0.15) is 0 Å². The lowest BCUT2D eigenvalue weighted by Crippen LogP contribution is -2.58. The van der Waals surface area contributed by atoms with Crippen LogP contribution in [0.1, 0.15) is 19.4 Å². The topological polar surface area (TPSA) is 82.2 Å². The van der Waals surface area contributed by atoms with E-state index in [4.69, 9.17) is 4.74 Å². The molecule has 2 fully saturated rings. The van der Waals surface area contributed by atoms with Gasteiger partial charge in [0, 0.05) is 32.2 Å². The molecule has 0 aliphatic carbocycles. The number of fused-ring (bicyclic) bond motifs is 1. The molecule has 8 nitrogen and oxygen atoms in total. The van der Waals surface area contributed by atoms with E-state index in [1.807, 2.05) is 31.2 Å². The zero-order valence-corrected chi connectivity index (χ0v) is 16.0. The molecule has 1 N–H and O–H groups in total. The lowest BCUT2D eigenvalue weighted by atomic mass is 10.1. The number of benzene rings is 1. The molecular weight excluding hydrogens is 348 g/mol. The second-order valence-corrected chi connectivity index (χ2v) is 6.94. The molecule has 1 aromatic carbocycles. The number of ether oxygens (including phenoxy) is 1. The van der Waals surface area contributed by atoms with Gasteiger partial charge >= 0.3 is 6.03 Å². The van der Waals surface area contributed by atoms with Crippen molar-refractivity contribution < 1.29 is 19.1 Å². The minimum absolute atomic E-state index is 0.0206. The van der Waals surface area contributed by atoms with Crippen LogP contribution in [0.5, 0.6) is 5.75 Å². The van der Waals surface area contributed by atoms with Gasteiger partial charge in [0.2, 0.25) is 11.8 Å². The molecule has 27 heavy (non-hydrogen) atoms. The summed E-state index contributed by atoms with van der Waals surface area (Å²) in [6.45, 7) is 5.45. The number of amides is 4. The van der Waals surface area contributed by atoms with Crippen molar-refractivity contribution in [3.63, 3.8) is 0 Å². The average Bonchev–Trinajstić information content (AvgIpc) is 2.94. The fourth-order valence-electron chi connectivity index (χ4n) is 3.71. The maximum absolute atomic E-state index is 12.6. The molecule has 3 rings (SSSR count). The number of urea groups is 1. The number of nitrogens with one attached hydrogen (secondary N) is 1. The largest absolute Gasteiger partial charge is 0.494 e. The molecule has 8 heteroatoms. The molecule has 0 radical (unpaired) electrons. The summed E-state index contributed by atoms with van der Waals surface area (Å²) in [5, 5.41) is 2.85. The number of piperazine rings is 1. The Labute approximate surface area is 159 Å². The normalized spacial score (nSPS) is 22.1. The standard InChI is InChI=1S/C19H26N4O4/c1-4-27-16-8-6-5-7-14(16)9-20-17(24)12-22-11-15-10-21(3)18(25)13(2)23(15)19(22)26/h5-8,13,15H,4,9-12H2,1-3H3,(H,20,24)/t13-,15+/m0/s1. The molecule has 0 saturated carbocycles. The van der Waals surface area contributed by atoms with Crippen molar-refractivity contribution in [2.24, 2.45) is 0 Å². The molecule has 146 valence electrons. The van der Waals surface area contributed by atoms with Gasteiger partial charge < -0.3 is 24.8 Å². The van der Waals surface area contributed by atoms with Crippen LogP contribution in [0.4, 0.5) is 4.79 Å². The molecule has 2 aliphatic heterocycles. The third-order valence-corrected chi connectivity index (χ3v) is 5.03. The molecule has 1 aromatic rings. The van der Waals surface area contributed by atoms with E-state index in [1.54, 1.807) is 23.8 Å². The van der Waals surface area contributed by atoms with Crippen molar-refractivity contribution in [3.05, 3.63) is 29.8 Å². The van der Waals surface area contributed by atoms with Crippen LogP contribution >= 0.6 is 0 Å². The van der Waals surface area contributed by atoms with Gasteiger partial charge in [0.05, 0.1) is 12.6 Å². The minimum atomic E-state index is -0.493. The van der Waals surface area contributed by atoms with Crippen molar-refractivity contribution >= 4 is 17.8 Å². The molecular formula is C19H26N4O4. The molecule has 0 spiro atoms. The summed E-state index contributed by atoms with van der Waals surface area (Å²) in [4.78, 5) is 41.9. The number of rotatable bonds is 6. The van der Waals surface area contributed by atoms with Crippen LogP contribution in [0.25, 0.3) is 0 Å². The Morgan fingerprint density at radius 3 is 2.74 bits per heavy atom. The lowest BCUT2D eigenvalue weighted by Gasteiger charge is -2.38. The highest BCUT2D eigenvalue weighted by molar-refractivity contribution is 5.91. The van der Waals surface area contributed by atoms with E-state index in [1.165, 1.54) is 4.90 Å². The van der Waals surface area contributed by atoms with Crippen molar-refractivity contribution in [2.45, 2.75) is 32.5 Å². The summed E-state index contributed by atoms with van der Waals surface area (Å²) in [5.41, 5.74) is 0.888. The van der Waals surface area contributed by atoms with E-state index in [9.17, 15) is 14.4 Å². The van der Waals surface area contributed by atoms with Gasteiger partial charge in [0.1, 0.15) is 18.3 Å². The zero-order valence-electron chi connectivity index (χ0n) is 16.0. The molecule has 4 amide bonds. The van der Waals surface area contributed by atoms with Crippen LogP contribution in [0.2, 0.25) is 0 Å². The van der Waals surface area contributed by atoms with E-state index in [-0.39, 0.29) is 30.4 Å². The maximum Gasteiger partial charge on any atom is 0.321 e. The van der Waals surface area contributed by atoms with Gasteiger partial charge in [0.25, 0.3) is 0 Å². The highest BCUT2D eigenvalue weighted by Crippen LogP contribution is 2.24. The highest BCUT2D eigenvalue weighted by Gasteiger charge is 2.47. The second kappa shape index (κ2) is 7.85. The monoisotopic (exact) mass is 374 g/mol. The highest BCUT2D eigenvalue weighted by atomic mass is 16.5. The summed E-state index contributed by atoms with van der Waals surface area (Å²) in [6.07, 6.45) is 0. The summed E-state index contributed by atoms with van der Waals surface area (Å²) in [7, 11) is 1.74. The van der Waals surface area contributed by atoms with Crippen molar-refractivity contribution in [1.82, 2.24) is 20.0 Å². The summed E-state index contributed by atoms with van der Waals surface area (Å²) in [6, 6.07) is 6.72. The molecule has 0 unspecified atom stereocenters. The number of hydrogen-bond donors (Lipinski definition) is 1. The number of likely N-dealkylation sites (N-methyl/N-ethyl adjacent to an activating group) is 1. The van der Waals surface area contributed by atoms with Crippen LogP contribution in [0.15, 0.2) is 24.3 Å². The van der Waals surface area contributed by atoms with Gasteiger partial charge in [-0.05, 0) is 19.9 Å². The number of carbonyl (C=O) groups excluding carboxylic acids is 3. The summed E-state index contributed by atoms with van der Waals surface area (Å²) in [5.74, 6) is 0.435. The first-order valence-electron chi connectivity index (χ1n) is 9.22. The van der Waals surface area contributed by atoms with Crippen LogP contribution < -0.4 is 10.1 Å². The third kappa shape index (κ3) is 3.84. The number of carbonyl (C=O) groups is 3. The predicted molar refractivity (Wildman–Crippen MR) is 99.2 cm³/mol. The zero-order chi connectivity index (χ0) is 19.6. The number of nitrogens with zero attached hydrogens (tertiary/aromatic N) is 3. The minimum Gasteiger partial charge on any atom is -0.494 e. The average molecular weight is 374 g/mol. The first-order valence-corrected chi connectivity index (χ1v) is 9.22. The molecule has 2 atom stereocenters. The van der Waals surface area contributed by atoms with Crippen LogP contribution in [-0.4, -0.2) is 77.9 Å². The van der Waals surface area contributed by atoms with Crippen LogP contribution in [0.3, 0.4) is 0 Å². The summed E-state index contributed by atoms with van der Waals surface area (Å²) < 4.78 is 5.56. The Morgan fingerprint density at radius 2 is 2.00 bits per heavy atom.